The number of hydrogen-bond acceptors (Lipinski definition) is 4. The van der Waals surface area contributed by atoms with Crippen molar-refractivity contribution in [2.24, 2.45) is 0 Å². The molecule has 1 atom stereocenters. The van der Waals surface area contributed by atoms with Gasteiger partial charge in [-0.3, -0.25) is 0 Å². The molecule has 0 spiro atoms. The molecule has 0 aliphatic carbocycles. The van der Waals surface area contributed by atoms with Crippen LogP contribution in [0.1, 0.15) is 56.6 Å². The molecule has 0 heterocycles. The molecule has 0 amide bonds. The minimum absolute atomic E-state index is 0.290. The molecular weight excluding hydrogens is 340 g/mol. The van der Waals surface area contributed by atoms with E-state index in [1.165, 1.54) is 12.8 Å². The Bertz CT molecular complexity index is 602. The van der Waals surface area contributed by atoms with Crippen LogP contribution in [-0.4, -0.2) is 19.5 Å². The molecule has 0 aliphatic heterocycles. The molecule has 0 radical (unpaired) electrons. The number of carbonyl (C=O) groups is 1. The van der Waals surface area contributed by atoms with Crippen LogP contribution in [0.4, 0.5) is 0 Å². The number of hydrogen-bond donors (Lipinski definition) is 0. The summed E-state index contributed by atoms with van der Waals surface area (Å²) in [5.74, 6) is -1.19. The zero-order valence-electron chi connectivity index (χ0n) is 16.3. The summed E-state index contributed by atoms with van der Waals surface area (Å²) in [7, 11) is 1.60. The van der Waals surface area contributed by atoms with Crippen molar-refractivity contribution in [1.29, 1.82) is 0 Å². The predicted molar refractivity (Wildman–Crippen MR) is 106 cm³/mol. The van der Waals surface area contributed by atoms with Crippen molar-refractivity contribution in [2.45, 2.75) is 57.3 Å². The van der Waals surface area contributed by atoms with E-state index in [0.29, 0.717) is 6.42 Å². The lowest BCUT2D eigenvalue weighted by molar-refractivity contribution is -0.435. The first-order chi connectivity index (χ1) is 13.3. The van der Waals surface area contributed by atoms with E-state index in [0.717, 1.165) is 36.7 Å². The standard InChI is InChI=1S/C23H30O4/c1-3-4-5-12-17-22(18-19-24)26-27-23(25-2,20-13-8-6-9-14-20)21-15-10-7-11-16-21/h6-11,13-16,19,22H,3-5,12,17-18H2,1-2H3. The maximum Gasteiger partial charge on any atom is 0.253 e. The molecule has 0 N–H and O–H groups in total. The number of rotatable bonds is 13. The van der Waals surface area contributed by atoms with Crippen molar-refractivity contribution < 1.29 is 19.3 Å². The maximum absolute atomic E-state index is 11.1. The lowest BCUT2D eigenvalue weighted by Gasteiger charge is -2.33. The van der Waals surface area contributed by atoms with Gasteiger partial charge >= 0.3 is 0 Å². The highest BCUT2D eigenvalue weighted by atomic mass is 17.2. The molecule has 1 unspecified atom stereocenters. The Labute approximate surface area is 162 Å². The van der Waals surface area contributed by atoms with Gasteiger partial charge in [-0.15, -0.1) is 0 Å². The van der Waals surface area contributed by atoms with Crippen molar-refractivity contribution in [3.8, 4) is 0 Å². The fourth-order valence-electron chi connectivity index (χ4n) is 3.09. The fourth-order valence-corrected chi connectivity index (χ4v) is 3.09. The lowest BCUT2D eigenvalue weighted by atomic mass is 9.97. The number of unbranched alkanes of at least 4 members (excludes halogenated alkanes) is 3. The second-order valence-electron chi connectivity index (χ2n) is 6.61. The number of benzene rings is 2. The van der Waals surface area contributed by atoms with Gasteiger partial charge in [0, 0.05) is 24.7 Å². The number of ether oxygens (including phenoxy) is 1. The van der Waals surface area contributed by atoms with E-state index in [1.807, 2.05) is 60.7 Å². The van der Waals surface area contributed by atoms with Gasteiger partial charge in [0.2, 0.25) is 0 Å². The van der Waals surface area contributed by atoms with E-state index in [2.05, 4.69) is 6.92 Å². The molecule has 4 nitrogen and oxygen atoms in total. The van der Waals surface area contributed by atoms with Gasteiger partial charge in [-0.05, 0) is 6.42 Å². The van der Waals surface area contributed by atoms with Gasteiger partial charge in [-0.25, -0.2) is 4.89 Å². The number of carbonyl (C=O) groups excluding carboxylic acids is 1. The fraction of sp³-hybridized carbons (Fsp3) is 0.435. The van der Waals surface area contributed by atoms with Gasteiger partial charge in [0.25, 0.3) is 5.79 Å². The monoisotopic (exact) mass is 370 g/mol. The van der Waals surface area contributed by atoms with E-state index >= 15 is 0 Å². The molecule has 27 heavy (non-hydrogen) atoms. The minimum Gasteiger partial charge on any atom is -0.344 e. The average molecular weight is 370 g/mol. The van der Waals surface area contributed by atoms with Crippen LogP contribution in [0.3, 0.4) is 0 Å². The Morgan fingerprint density at radius 3 is 2.00 bits per heavy atom. The van der Waals surface area contributed by atoms with Gasteiger partial charge < -0.3 is 9.53 Å². The van der Waals surface area contributed by atoms with E-state index in [1.54, 1.807) is 7.11 Å². The van der Waals surface area contributed by atoms with E-state index in [9.17, 15) is 4.79 Å². The Kier molecular flexibility index (Phi) is 9.19. The second kappa shape index (κ2) is 11.7. The smallest absolute Gasteiger partial charge is 0.253 e. The van der Waals surface area contributed by atoms with Crippen molar-refractivity contribution in [3.63, 3.8) is 0 Å². The van der Waals surface area contributed by atoms with Gasteiger partial charge in [-0.1, -0.05) is 93.3 Å². The predicted octanol–water partition coefficient (Wildman–Crippen LogP) is 5.41. The van der Waals surface area contributed by atoms with E-state index < -0.39 is 5.79 Å². The quantitative estimate of drug-likeness (QED) is 0.155. The van der Waals surface area contributed by atoms with Crippen molar-refractivity contribution in [2.75, 3.05) is 7.11 Å². The van der Waals surface area contributed by atoms with Gasteiger partial charge in [0.1, 0.15) is 6.29 Å². The van der Waals surface area contributed by atoms with E-state index in [-0.39, 0.29) is 6.10 Å². The minimum atomic E-state index is -1.19. The maximum atomic E-state index is 11.1. The van der Waals surface area contributed by atoms with Crippen LogP contribution in [0, 0.1) is 0 Å². The molecule has 0 bridgehead atoms. The second-order valence-corrected chi connectivity index (χ2v) is 6.61. The Morgan fingerprint density at radius 2 is 1.52 bits per heavy atom. The molecule has 0 aromatic heterocycles. The first-order valence-electron chi connectivity index (χ1n) is 9.71. The summed E-state index contributed by atoms with van der Waals surface area (Å²) in [6, 6.07) is 19.4. The molecule has 2 aromatic rings. The summed E-state index contributed by atoms with van der Waals surface area (Å²) in [5.41, 5.74) is 1.66. The van der Waals surface area contributed by atoms with Crippen LogP contribution in [0.25, 0.3) is 0 Å². The summed E-state index contributed by atoms with van der Waals surface area (Å²) in [5, 5.41) is 0. The molecule has 0 fully saturated rings. The molecular formula is C23H30O4. The summed E-state index contributed by atoms with van der Waals surface area (Å²) in [4.78, 5) is 22.8. The van der Waals surface area contributed by atoms with Crippen LogP contribution >= 0.6 is 0 Å². The molecule has 0 aliphatic rings. The third kappa shape index (κ3) is 5.99. The first-order valence-corrected chi connectivity index (χ1v) is 9.71. The van der Waals surface area contributed by atoms with Gasteiger partial charge in [0.05, 0.1) is 6.10 Å². The lowest BCUT2D eigenvalue weighted by Crippen LogP contribution is -2.35. The largest absolute Gasteiger partial charge is 0.344 e. The van der Waals surface area contributed by atoms with Crippen molar-refractivity contribution >= 4 is 6.29 Å². The Balaban J connectivity index is 2.19. The SMILES string of the molecule is CCCCCCC(CC=O)OOC(OC)(c1ccccc1)c1ccccc1. The van der Waals surface area contributed by atoms with Crippen LogP contribution < -0.4 is 0 Å². The first kappa shape index (κ1) is 21.3. The normalized spacial score (nSPS) is 12.7. The van der Waals surface area contributed by atoms with Crippen LogP contribution in [0.15, 0.2) is 60.7 Å². The van der Waals surface area contributed by atoms with Gasteiger partial charge in [-0.2, -0.15) is 4.89 Å². The molecule has 4 heteroatoms. The highest BCUT2D eigenvalue weighted by Crippen LogP contribution is 2.35. The summed E-state index contributed by atoms with van der Waals surface area (Å²) < 4.78 is 5.85. The van der Waals surface area contributed by atoms with Crippen molar-refractivity contribution in [1.82, 2.24) is 0 Å². The van der Waals surface area contributed by atoms with E-state index in [4.69, 9.17) is 14.5 Å². The zero-order chi connectivity index (χ0) is 19.4. The van der Waals surface area contributed by atoms with Crippen LogP contribution in [0.2, 0.25) is 0 Å². The average Bonchev–Trinajstić information content (AvgIpc) is 2.73. The molecule has 2 aromatic carbocycles. The third-order valence-electron chi connectivity index (χ3n) is 4.64. The zero-order valence-corrected chi connectivity index (χ0v) is 16.3. The summed E-state index contributed by atoms with van der Waals surface area (Å²) in [6.45, 7) is 2.18. The van der Waals surface area contributed by atoms with Crippen LogP contribution in [-0.2, 0) is 25.1 Å². The molecule has 2 rings (SSSR count). The highest BCUT2D eigenvalue weighted by molar-refractivity contribution is 5.50. The summed E-state index contributed by atoms with van der Waals surface area (Å²) >= 11 is 0. The molecule has 0 saturated heterocycles. The number of aldehydes is 1. The Morgan fingerprint density at radius 1 is 0.926 bits per heavy atom. The summed E-state index contributed by atoms with van der Waals surface area (Å²) in [6.07, 6.45) is 6.16. The highest BCUT2D eigenvalue weighted by Gasteiger charge is 2.38. The molecule has 0 saturated carbocycles. The van der Waals surface area contributed by atoms with Crippen LogP contribution in [0.5, 0.6) is 0 Å². The van der Waals surface area contributed by atoms with Crippen molar-refractivity contribution in [3.05, 3.63) is 71.8 Å². The third-order valence-corrected chi connectivity index (χ3v) is 4.64. The topological polar surface area (TPSA) is 44.8 Å². The molecule has 146 valence electrons. The number of methoxy groups -OCH3 is 1. The van der Waals surface area contributed by atoms with Gasteiger partial charge in [0.15, 0.2) is 0 Å². The Hall–Kier alpha value is -2.01.